The number of rotatable bonds is 4. The molecule has 0 bridgehead atoms. The highest BCUT2D eigenvalue weighted by Crippen LogP contribution is 2.31. The Labute approximate surface area is 167 Å². The Morgan fingerprint density at radius 3 is 2.64 bits per heavy atom. The highest BCUT2D eigenvalue weighted by atomic mass is 32.2. The van der Waals surface area contributed by atoms with E-state index in [4.69, 9.17) is 0 Å². The fourth-order valence-electron chi connectivity index (χ4n) is 3.01. The van der Waals surface area contributed by atoms with Crippen molar-refractivity contribution in [2.45, 2.75) is 30.6 Å². The summed E-state index contributed by atoms with van der Waals surface area (Å²) in [4.78, 5) is 19.4. The van der Waals surface area contributed by atoms with E-state index in [-0.39, 0.29) is 5.91 Å². The lowest BCUT2D eigenvalue weighted by Gasteiger charge is -2.08. The summed E-state index contributed by atoms with van der Waals surface area (Å²) in [6.07, 6.45) is 3.44. The van der Waals surface area contributed by atoms with E-state index in [0.29, 0.717) is 16.9 Å². The number of amides is 1. The molecule has 0 saturated heterocycles. The first-order chi connectivity index (χ1) is 13.5. The Morgan fingerprint density at radius 2 is 1.86 bits per heavy atom. The van der Waals surface area contributed by atoms with Crippen molar-refractivity contribution < 1.29 is 4.79 Å². The molecule has 0 aliphatic heterocycles. The van der Waals surface area contributed by atoms with Gasteiger partial charge in [0.25, 0.3) is 5.91 Å². The van der Waals surface area contributed by atoms with Crippen LogP contribution in [0.1, 0.15) is 27.2 Å². The van der Waals surface area contributed by atoms with Crippen LogP contribution in [-0.4, -0.2) is 20.5 Å². The monoisotopic (exact) mass is 388 g/mol. The van der Waals surface area contributed by atoms with Gasteiger partial charge in [0, 0.05) is 27.9 Å². The van der Waals surface area contributed by atoms with Crippen LogP contribution in [-0.2, 0) is 0 Å². The first-order valence-electron chi connectivity index (χ1n) is 8.98. The molecule has 6 heteroatoms. The van der Waals surface area contributed by atoms with Gasteiger partial charge in [0.1, 0.15) is 5.56 Å². The minimum Gasteiger partial charge on any atom is -0.322 e. The van der Waals surface area contributed by atoms with Crippen LogP contribution in [0.15, 0.2) is 70.7 Å². The molecule has 0 spiro atoms. The Hall–Kier alpha value is -3.12. The number of fused-ring (bicyclic) bond motifs is 1. The molecular formula is C22H20N4OS. The molecule has 4 aromatic rings. The normalized spacial score (nSPS) is 11.0. The highest BCUT2D eigenvalue weighted by Gasteiger charge is 2.18. The van der Waals surface area contributed by atoms with Crippen LogP contribution in [0.3, 0.4) is 0 Å². The van der Waals surface area contributed by atoms with Gasteiger partial charge in [-0.2, -0.15) is 5.10 Å². The maximum Gasteiger partial charge on any atom is 0.261 e. The van der Waals surface area contributed by atoms with Gasteiger partial charge in [0.05, 0.1) is 5.69 Å². The molecule has 28 heavy (non-hydrogen) atoms. The number of nitrogens with zero attached hydrogens (tertiary/aromatic N) is 3. The zero-order valence-electron chi connectivity index (χ0n) is 15.9. The smallest absolute Gasteiger partial charge is 0.261 e. The second-order valence-corrected chi connectivity index (χ2v) is 7.81. The third-order valence-corrected chi connectivity index (χ3v) is 5.65. The summed E-state index contributed by atoms with van der Waals surface area (Å²) < 4.78 is 1.62. The van der Waals surface area contributed by atoms with Crippen molar-refractivity contribution in [3.05, 3.63) is 83.3 Å². The average molecular weight is 388 g/mol. The summed E-state index contributed by atoms with van der Waals surface area (Å²) in [6, 6.07) is 16.1. The third kappa shape index (κ3) is 3.64. The SMILES string of the molecule is Cc1ccc(C)c(Sc2ccc(NC(=O)c3c(C)nn4cccnc34)cc2)c1. The molecule has 2 aromatic carbocycles. The van der Waals surface area contributed by atoms with Crippen molar-refractivity contribution in [3.63, 3.8) is 0 Å². The summed E-state index contributed by atoms with van der Waals surface area (Å²) >= 11 is 1.72. The van der Waals surface area contributed by atoms with E-state index < -0.39 is 0 Å². The molecule has 0 unspecified atom stereocenters. The van der Waals surface area contributed by atoms with E-state index >= 15 is 0 Å². The summed E-state index contributed by atoms with van der Waals surface area (Å²) in [5.41, 5.74) is 4.94. The predicted molar refractivity (Wildman–Crippen MR) is 112 cm³/mol. The van der Waals surface area contributed by atoms with Gasteiger partial charge in [0.2, 0.25) is 0 Å². The molecule has 0 atom stereocenters. The quantitative estimate of drug-likeness (QED) is 0.531. The Morgan fingerprint density at radius 1 is 1.07 bits per heavy atom. The van der Waals surface area contributed by atoms with Gasteiger partial charge >= 0.3 is 0 Å². The summed E-state index contributed by atoms with van der Waals surface area (Å²) in [6.45, 7) is 6.02. The van der Waals surface area contributed by atoms with Crippen LogP contribution in [0, 0.1) is 20.8 Å². The zero-order chi connectivity index (χ0) is 19.7. The summed E-state index contributed by atoms with van der Waals surface area (Å²) in [5.74, 6) is -0.207. The number of anilines is 1. The van der Waals surface area contributed by atoms with Crippen molar-refractivity contribution in [1.29, 1.82) is 0 Å². The first kappa shape index (κ1) is 18.3. The Balaban J connectivity index is 1.52. The lowest BCUT2D eigenvalue weighted by atomic mass is 10.2. The summed E-state index contributed by atoms with van der Waals surface area (Å²) in [7, 11) is 0. The average Bonchev–Trinajstić information content (AvgIpc) is 3.02. The van der Waals surface area contributed by atoms with Gasteiger partial charge in [-0.25, -0.2) is 9.50 Å². The maximum absolute atomic E-state index is 12.8. The van der Waals surface area contributed by atoms with E-state index in [2.05, 4.69) is 47.4 Å². The van der Waals surface area contributed by atoms with E-state index in [1.165, 1.54) is 16.0 Å². The summed E-state index contributed by atoms with van der Waals surface area (Å²) in [5, 5.41) is 7.29. The zero-order valence-corrected chi connectivity index (χ0v) is 16.7. The van der Waals surface area contributed by atoms with E-state index in [0.717, 1.165) is 10.6 Å². The molecule has 0 aliphatic rings. The lowest BCUT2D eigenvalue weighted by Crippen LogP contribution is -2.13. The molecule has 4 rings (SSSR count). The minimum atomic E-state index is -0.207. The molecular weight excluding hydrogens is 368 g/mol. The van der Waals surface area contributed by atoms with Crippen LogP contribution in [0.25, 0.3) is 5.65 Å². The number of benzene rings is 2. The van der Waals surface area contributed by atoms with Crippen LogP contribution in [0.4, 0.5) is 5.69 Å². The lowest BCUT2D eigenvalue weighted by molar-refractivity contribution is 0.102. The molecule has 1 amide bonds. The van der Waals surface area contributed by atoms with E-state index in [1.54, 1.807) is 34.7 Å². The van der Waals surface area contributed by atoms with Gasteiger partial charge in [0.15, 0.2) is 5.65 Å². The van der Waals surface area contributed by atoms with Crippen molar-refractivity contribution in [3.8, 4) is 0 Å². The molecule has 0 aliphatic carbocycles. The highest BCUT2D eigenvalue weighted by molar-refractivity contribution is 7.99. The molecule has 0 saturated carbocycles. The van der Waals surface area contributed by atoms with Gasteiger partial charge in [-0.05, 0) is 68.3 Å². The van der Waals surface area contributed by atoms with E-state index in [1.807, 2.05) is 31.2 Å². The number of carbonyl (C=O) groups is 1. The molecule has 1 N–H and O–H groups in total. The standard InChI is InChI=1S/C22H20N4OS/c1-14-5-6-15(2)19(13-14)28-18-9-7-17(8-10-18)24-22(27)20-16(3)25-26-12-4-11-23-21(20)26/h4-13H,1-3H3,(H,24,27). The second kappa shape index (κ2) is 7.48. The Kier molecular flexibility index (Phi) is 4.88. The van der Waals surface area contributed by atoms with Crippen molar-refractivity contribution >= 4 is 29.0 Å². The minimum absolute atomic E-state index is 0.207. The fraction of sp³-hybridized carbons (Fsp3) is 0.136. The van der Waals surface area contributed by atoms with Gasteiger partial charge < -0.3 is 5.32 Å². The largest absolute Gasteiger partial charge is 0.322 e. The van der Waals surface area contributed by atoms with Gasteiger partial charge in [-0.1, -0.05) is 23.9 Å². The molecule has 0 radical (unpaired) electrons. The molecule has 140 valence electrons. The van der Waals surface area contributed by atoms with E-state index in [9.17, 15) is 4.79 Å². The number of aromatic nitrogens is 3. The van der Waals surface area contributed by atoms with Gasteiger partial charge in [-0.3, -0.25) is 4.79 Å². The molecule has 2 heterocycles. The maximum atomic E-state index is 12.8. The van der Waals surface area contributed by atoms with Crippen LogP contribution < -0.4 is 5.32 Å². The first-order valence-corrected chi connectivity index (χ1v) is 9.79. The topological polar surface area (TPSA) is 59.3 Å². The van der Waals surface area contributed by atoms with Crippen molar-refractivity contribution in [2.24, 2.45) is 0 Å². The number of hydrogen-bond donors (Lipinski definition) is 1. The van der Waals surface area contributed by atoms with Crippen molar-refractivity contribution in [1.82, 2.24) is 14.6 Å². The van der Waals surface area contributed by atoms with Crippen LogP contribution in [0.2, 0.25) is 0 Å². The Bertz CT molecular complexity index is 1170. The number of nitrogens with one attached hydrogen (secondary N) is 1. The van der Waals surface area contributed by atoms with Crippen LogP contribution >= 0.6 is 11.8 Å². The van der Waals surface area contributed by atoms with Crippen molar-refractivity contribution in [2.75, 3.05) is 5.32 Å². The number of carbonyl (C=O) groups excluding carboxylic acids is 1. The van der Waals surface area contributed by atoms with Crippen LogP contribution in [0.5, 0.6) is 0 Å². The second-order valence-electron chi connectivity index (χ2n) is 6.70. The van der Waals surface area contributed by atoms with Gasteiger partial charge in [-0.15, -0.1) is 0 Å². The predicted octanol–water partition coefficient (Wildman–Crippen LogP) is 5.06. The fourth-order valence-corrected chi connectivity index (χ4v) is 4.01. The molecule has 2 aromatic heterocycles. The molecule has 5 nitrogen and oxygen atoms in total. The third-order valence-electron chi connectivity index (χ3n) is 4.48. The number of aryl methyl sites for hydroxylation is 3. The molecule has 0 fully saturated rings. The number of hydrogen-bond acceptors (Lipinski definition) is 4.